The Hall–Kier alpha value is -4.91. The van der Waals surface area contributed by atoms with Gasteiger partial charge in [-0.25, -0.2) is 12.7 Å². The Kier molecular flexibility index (Phi) is 5.92. The summed E-state index contributed by atoms with van der Waals surface area (Å²) < 4.78 is 31.4. The molecular formula is C36H36N6O6S. The Morgan fingerprint density at radius 1 is 0.653 bits per heavy atom. The standard InChI is InChI=1S/C36H36N6O6S/c1-20-29(43)40-27(31(45)38(20)3)18-35(23-14-8-10-16-25(23)37-33(35)40)36-19-28-32(46)39(4)21(2)30(44)41(28)34(36)42(26-17-11-9-15-24(26)36)49(47,48)22-12-6-5-7-13-22/h5-17,20-21,27-28,33-34,37H,18-19H2,1-4H3/t20-,21-,27-,28?,33+,34-,35-,36-/m0/s1. The van der Waals surface area contributed by atoms with Crippen LogP contribution in [0.2, 0.25) is 0 Å². The number of carbonyl (C=O) groups excluding carboxylic acids is 4. The lowest BCUT2D eigenvalue weighted by molar-refractivity contribution is -0.158. The second-order valence-corrected chi connectivity index (χ2v) is 16.0. The number of rotatable bonds is 3. The van der Waals surface area contributed by atoms with E-state index in [9.17, 15) is 19.2 Å². The number of anilines is 2. The van der Waals surface area contributed by atoms with Crippen molar-refractivity contribution >= 4 is 45.0 Å². The van der Waals surface area contributed by atoms with Crippen LogP contribution in [0.1, 0.15) is 37.8 Å². The van der Waals surface area contributed by atoms with Gasteiger partial charge in [0.25, 0.3) is 10.0 Å². The number of benzene rings is 3. The Morgan fingerprint density at radius 2 is 1.18 bits per heavy atom. The van der Waals surface area contributed by atoms with Gasteiger partial charge >= 0.3 is 0 Å². The highest BCUT2D eigenvalue weighted by molar-refractivity contribution is 7.92. The van der Waals surface area contributed by atoms with E-state index in [1.54, 1.807) is 63.2 Å². The molecule has 12 nitrogen and oxygen atoms in total. The fraction of sp³-hybridized carbons (Fsp3) is 0.389. The van der Waals surface area contributed by atoms with Gasteiger partial charge in [-0.2, -0.15) is 0 Å². The Bertz CT molecular complexity index is 2110. The van der Waals surface area contributed by atoms with E-state index in [4.69, 9.17) is 0 Å². The van der Waals surface area contributed by atoms with Gasteiger partial charge < -0.3 is 24.9 Å². The average molecular weight is 681 g/mol. The Labute approximate surface area is 284 Å². The van der Waals surface area contributed by atoms with Crippen LogP contribution in [0.15, 0.2) is 83.8 Å². The normalized spacial score (nSPS) is 34.4. The van der Waals surface area contributed by atoms with Crippen LogP contribution in [-0.2, 0) is 40.0 Å². The first-order valence-corrected chi connectivity index (χ1v) is 18.1. The zero-order valence-electron chi connectivity index (χ0n) is 27.5. The molecule has 252 valence electrons. The lowest BCUT2D eigenvalue weighted by atomic mass is 9.54. The number of likely N-dealkylation sites (N-methyl/N-ethyl adjacent to an activating group) is 2. The molecule has 3 aromatic rings. The number of sulfonamides is 1. The summed E-state index contributed by atoms with van der Waals surface area (Å²) in [7, 11) is -1.09. The van der Waals surface area contributed by atoms with Gasteiger partial charge in [-0.1, -0.05) is 54.6 Å². The maximum Gasteiger partial charge on any atom is 0.266 e. The number of nitrogens with one attached hydrogen (secondary N) is 1. The topological polar surface area (TPSA) is 131 Å². The lowest BCUT2D eigenvalue weighted by Crippen LogP contribution is -2.68. The molecule has 6 heterocycles. The minimum absolute atomic E-state index is 0.0497. The number of para-hydroxylation sites is 2. The van der Waals surface area contributed by atoms with Gasteiger partial charge in [0.2, 0.25) is 23.6 Å². The van der Waals surface area contributed by atoms with Crippen molar-refractivity contribution in [3.8, 4) is 0 Å². The summed E-state index contributed by atoms with van der Waals surface area (Å²) in [5.41, 5.74) is 0.259. The van der Waals surface area contributed by atoms with Crippen molar-refractivity contribution in [2.24, 2.45) is 0 Å². The second kappa shape index (κ2) is 9.62. The first kappa shape index (κ1) is 30.2. The Morgan fingerprint density at radius 3 is 1.86 bits per heavy atom. The minimum atomic E-state index is -4.33. The first-order chi connectivity index (χ1) is 23.4. The molecular weight excluding hydrogens is 644 g/mol. The summed E-state index contributed by atoms with van der Waals surface area (Å²) in [5, 5.41) is 3.61. The SMILES string of the molecule is C[C@H]1C(=O)N2C(C[C@]3([C@]45C[C@H]6C(=O)N(C)[C@@H](C)C(=O)N6[C@H]4Nc4ccccc45)c4ccccc4N(S(=O)(=O)c4ccccc4)[C@H]23)C(=O)N1C. The number of amides is 4. The van der Waals surface area contributed by atoms with Crippen LogP contribution in [0.3, 0.4) is 0 Å². The summed E-state index contributed by atoms with van der Waals surface area (Å²) in [4.78, 5) is 63.4. The number of hydrogen-bond donors (Lipinski definition) is 1. The number of piperazine rings is 2. The predicted molar refractivity (Wildman–Crippen MR) is 179 cm³/mol. The van der Waals surface area contributed by atoms with Gasteiger partial charge in [0.15, 0.2) is 0 Å². The van der Waals surface area contributed by atoms with Gasteiger partial charge in [-0.3, -0.25) is 19.2 Å². The number of fused-ring (bicyclic) bond motifs is 11. The first-order valence-electron chi connectivity index (χ1n) is 16.6. The highest BCUT2D eigenvalue weighted by Gasteiger charge is 2.80. The van der Waals surface area contributed by atoms with E-state index in [1.165, 1.54) is 31.1 Å². The minimum Gasteiger partial charge on any atom is -0.364 e. The summed E-state index contributed by atoms with van der Waals surface area (Å²) >= 11 is 0. The summed E-state index contributed by atoms with van der Waals surface area (Å²) in [6, 6.07) is 19.7. The van der Waals surface area contributed by atoms with Gasteiger partial charge in [-0.15, -0.1) is 0 Å². The van der Waals surface area contributed by atoms with Crippen molar-refractivity contribution in [1.82, 2.24) is 19.6 Å². The number of carbonyl (C=O) groups is 4. The zero-order valence-corrected chi connectivity index (χ0v) is 28.3. The molecule has 0 spiro atoms. The molecule has 4 fully saturated rings. The van der Waals surface area contributed by atoms with Crippen molar-refractivity contribution in [3.63, 3.8) is 0 Å². The van der Waals surface area contributed by atoms with Crippen LogP contribution >= 0.6 is 0 Å². The number of nitrogens with zero attached hydrogens (tertiary/aromatic N) is 5. The van der Waals surface area contributed by atoms with Crippen molar-refractivity contribution in [2.75, 3.05) is 23.7 Å². The van der Waals surface area contributed by atoms with Crippen LogP contribution in [0.25, 0.3) is 0 Å². The highest BCUT2D eigenvalue weighted by atomic mass is 32.2. The molecule has 0 radical (unpaired) electrons. The van der Waals surface area contributed by atoms with E-state index in [2.05, 4.69) is 5.32 Å². The molecule has 0 aromatic heterocycles. The van der Waals surface area contributed by atoms with Crippen LogP contribution in [0.4, 0.5) is 11.4 Å². The van der Waals surface area contributed by atoms with Crippen molar-refractivity contribution in [3.05, 3.63) is 90.0 Å². The number of hydrogen-bond acceptors (Lipinski definition) is 7. The molecule has 3 aromatic carbocycles. The molecule has 8 atom stereocenters. The molecule has 49 heavy (non-hydrogen) atoms. The van der Waals surface area contributed by atoms with E-state index in [1.807, 2.05) is 36.4 Å². The van der Waals surface area contributed by atoms with Gasteiger partial charge in [-0.05, 0) is 62.1 Å². The van der Waals surface area contributed by atoms with E-state index in [0.717, 1.165) is 11.3 Å². The maximum atomic E-state index is 15.0. The second-order valence-electron chi connectivity index (χ2n) is 14.2. The summed E-state index contributed by atoms with van der Waals surface area (Å²) in [6.45, 7) is 3.37. The fourth-order valence-electron chi connectivity index (χ4n) is 10.0. The van der Waals surface area contributed by atoms with Gasteiger partial charge in [0, 0.05) is 19.8 Å². The third-order valence-corrected chi connectivity index (χ3v) is 14.2. The fourth-order valence-corrected chi connectivity index (χ4v) is 11.7. The molecule has 6 aliphatic rings. The van der Waals surface area contributed by atoms with Crippen LogP contribution in [-0.4, -0.2) is 102 Å². The molecule has 4 saturated heterocycles. The van der Waals surface area contributed by atoms with Gasteiger partial charge in [0.05, 0.1) is 21.4 Å². The molecule has 1 unspecified atom stereocenters. The highest BCUT2D eigenvalue weighted by Crippen LogP contribution is 2.70. The van der Waals surface area contributed by atoms with E-state index >= 15 is 8.42 Å². The van der Waals surface area contributed by atoms with Crippen LogP contribution in [0.5, 0.6) is 0 Å². The van der Waals surface area contributed by atoms with Crippen molar-refractivity contribution in [1.29, 1.82) is 0 Å². The largest absolute Gasteiger partial charge is 0.364 e. The predicted octanol–water partition coefficient (Wildman–Crippen LogP) is 2.07. The van der Waals surface area contributed by atoms with Crippen molar-refractivity contribution < 1.29 is 27.6 Å². The Balaban J connectivity index is 1.39. The molecule has 6 aliphatic heterocycles. The third-order valence-electron chi connectivity index (χ3n) is 12.4. The molecule has 4 amide bonds. The molecule has 9 rings (SSSR count). The van der Waals surface area contributed by atoms with E-state index in [-0.39, 0.29) is 41.4 Å². The average Bonchev–Trinajstić information content (AvgIpc) is 3.82. The molecule has 13 heteroatoms. The summed E-state index contributed by atoms with van der Waals surface area (Å²) in [6.07, 6.45) is -1.68. The lowest BCUT2D eigenvalue weighted by Gasteiger charge is -2.49. The van der Waals surface area contributed by atoms with Crippen LogP contribution < -0.4 is 9.62 Å². The monoisotopic (exact) mass is 680 g/mol. The third kappa shape index (κ3) is 3.32. The quantitative estimate of drug-likeness (QED) is 0.449. The van der Waals surface area contributed by atoms with E-state index < -0.39 is 57.4 Å². The van der Waals surface area contributed by atoms with Crippen LogP contribution in [0, 0.1) is 0 Å². The molecule has 0 bridgehead atoms. The van der Waals surface area contributed by atoms with Crippen molar-refractivity contribution in [2.45, 2.75) is 78.9 Å². The molecule has 0 aliphatic carbocycles. The zero-order chi connectivity index (χ0) is 34.4. The van der Waals surface area contributed by atoms with Gasteiger partial charge in [0.1, 0.15) is 36.5 Å². The molecule has 0 saturated carbocycles. The smallest absolute Gasteiger partial charge is 0.266 e. The maximum absolute atomic E-state index is 15.0. The molecule has 1 N–H and O–H groups in total. The summed E-state index contributed by atoms with van der Waals surface area (Å²) in [5.74, 6) is -1.06. The van der Waals surface area contributed by atoms with E-state index in [0.29, 0.717) is 11.3 Å².